The minimum Gasteiger partial charge on any atom is -0.480 e. The molecule has 0 aromatic heterocycles. The average molecular weight is 290 g/mol. The second-order valence-corrected chi connectivity index (χ2v) is 6.06. The summed E-state index contributed by atoms with van der Waals surface area (Å²) in [7, 11) is 1.73. The Kier molecular flexibility index (Phi) is 3.94. The average Bonchev–Trinajstić information content (AvgIpc) is 2.85. The fourth-order valence-electron chi connectivity index (χ4n) is 2.48. The number of nitrogens with zero attached hydrogens (tertiary/aromatic N) is 2. The number of carboxylic acid groups (broad SMARTS) is 1. The van der Waals surface area contributed by atoms with Crippen LogP contribution in [0.5, 0.6) is 0 Å². The summed E-state index contributed by atoms with van der Waals surface area (Å²) in [6, 6.07) is 6.29. The third kappa shape index (κ3) is 2.60. The molecule has 2 rings (SSSR count). The summed E-state index contributed by atoms with van der Waals surface area (Å²) in [6.45, 7) is 5.96. The second-order valence-electron chi connectivity index (χ2n) is 6.06. The van der Waals surface area contributed by atoms with Gasteiger partial charge in [0.05, 0.1) is 0 Å². The topological polar surface area (TPSA) is 60.9 Å². The molecule has 1 aliphatic heterocycles. The Bertz CT molecular complexity index is 568. The number of hydrogen-bond acceptors (Lipinski definition) is 2. The summed E-state index contributed by atoms with van der Waals surface area (Å²) in [4.78, 5) is 27.4. The lowest BCUT2D eigenvalue weighted by Gasteiger charge is -2.38. The van der Waals surface area contributed by atoms with E-state index >= 15 is 0 Å². The molecular formula is C16H22N2O3. The van der Waals surface area contributed by atoms with E-state index in [0.717, 1.165) is 12.0 Å². The van der Waals surface area contributed by atoms with E-state index in [1.807, 2.05) is 45.0 Å². The van der Waals surface area contributed by atoms with E-state index in [0.29, 0.717) is 12.1 Å². The van der Waals surface area contributed by atoms with Crippen molar-refractivity contribution in [1.29, 1.82) is 0 Å². The summed E-state index contributed by atoms with van der Waals surface area (Å²) in [5.74, 6) is -0.970. The third-order valence-corrected chi connectivity index (χ3v) is 4.53. The maximum absolute atomic E-state index is 12.8. The van der Waals surface area contributed by atoms with Gasteiger partial charge in [0, 0.05) is 24.7 Å². The Labute approximate surface area is 125 Å². The molecule has 0 saturated carbocycles. The van der Waals surface area contributed by atoms with Gasteiger partial charge in [0.2, 0.25) is 0 Å². The molecule has 1 aromatic rings. The molecule has 5 nitrogen and oxygen atoms in total. The maximum Gasteiger partial charge on any atom is 0.327 e. The molecule has 1 N–H and O–H groups in total. The smallest absolute Gasteiger partial charge is 0.327 e. The quantitative estimate of drug-likeness (QED) is 0.931. The van der Waals surface area contributed by atoms with E-state index in [9.17, 15) is 14.7 Å². The molecule has 0 saturated heterocycles. The largest absolute Gasteiger partial charge is 0.480 e. The Hall–Kier alpha value is -2.04. The van der Waals surface area contributed by atoms with Crippen LogP contribution in [-0.4, -0.2) is 40.6 Å². The van der Waals surface area contributed by atoms with Gasteiger partial charge in [-0.05, 0) is 31.9 Å². The molecule has 5 heteroatoms. The fraction of sp³-hybridized carbons (Fsp3) is 0.500. The predicted octanol–water partition coefficient (Wildman–Crippen LogP) is 2.74. The van der Waals surface area contributed by atoms with Gasteiger partial charge >= 0.3 is 12.0 Å². The van der Waals surface area contributed by atoms with Gasteiger partial charge in [0.15, 0.2) is 0 Å². The summed E-state index contributed by atoms with van der Waals surface area (Å²) in [5.41, 5.74) is 1.28. The summed E-state index contributed by atoms with van der Waals surface area (Å²) >= 11 is 0. The number of aliphatic carboxylic acids is 1. The van der Waals surface area contributed by atoms with Gasteiger partial charge in [-0.1, -0.05) is 25.1 Å². The minimum absolute atomic E-state index is 0.265. The lowest BCUT2D eigenvalue weighted by Crippen LogP contribution is -2.54. The number of fused-ring (bicyclic) bond motifs is 1. The number of benzene rings is 1. The van der Waals surface area contributed by atoms with E-state index in [4.69, 9.17) is 0 Å². The molecule has 1 aromatic carbocycles. The fourth-order valence-corrected chi connectivity index (χ4v) is 2.48. The van der Waals surface area contributed by atoms with Crippen molar-refractivity contribution >= 4 is 17.7 Å². The van der Waals surface area contributed by atoms with E-state index in [1.165, 1.54) is 4.90 Å². The monoisotopic (exact) mass is 290 g/mol. The highest BCUT2D eigenvalue weighted by Crippen LogP contribution is 2.34. The van der Waals surface area contributed by atoms with Crippen molar-refractivity contribution in [3.63, 3.8) is 0 Å². The molecule has 0 radical (unpaired) electrons. The number of amides is 2. The van der Waals surface area contributed by atoms with Crippen LogP contribution < -0.4 is 4.90 Å². The molecule has 2 amide bonds. The molecule has 0 spiro atoms. The molecule has 1 heterocycles. The molecule has 21 heavy (non-hydrogen) atoms. The van der Waals surface area contributed by atoms with Crippen LogP contribution in [0, 0.1) is 0 Å². The number of carbonyl (C=O) groups excluding carboxylic acids is 1. The van der Waals surface area contributed by atoms with Crippen LogP contribution in [-0.2, 0) is 11.2 Å². The SMILES string of the molecule is CCC(C)(C)N(C)C(=O)N1c2ccccc2CC1C(=O)O. The van der Waals surface area contributed by atoms with Gasteiger partial charge in [-0.15, -0.1) is 0 Å². The van der Waals surface area contributed by atoms with Crippen LogP contribution in [0.4, 0.5) is 10.5 Å². The van der Waals surface area contributed by atoms with Crippen LogP contribution in [0.1, 0.15) is 32.8 Å². The van der Waals surface area contributed by atoms with Crippen LogP contribution in [0.3, 0.4) is 0 Å². The van der Waals surface area contributed by atoms with Crippen LogP contribution in [0.25, 0.3) is 0 Å². The van der Waals surface area contributed by atoms with Crippen molar-refractivity contribution in [2.75, 3.05) is 11.9 Å². The van der Waals surface area contributed by atoms with Crippen LogP contribution in [0.2, 0.25) is 0 Å². The highest BCUT2D eigenvalue weighted by atomic mass is 16.4. The summed E-state index contributed by atoms with van der Waals surface area (Å²) in [6.07, 6.45) is 1.15. The minimum atomic E-state index is -0.970. The van der Waals surface area contributed by atoms with Crippen molar-refractivity contribution in [1.82, 2.24) is 4.90 Å². The first kappa shape index (κ1) is 15.4. The van der Waals surface area contributed by atoms with Crippen molar-refractivity contribution in [3.05, 3.63) is 29.8 Å². The first-order chi connectivity index (χ1) is 9.79. The molecule has 1 atom stereocenters. The zero-order valence-electron chi connectivity index (χ0n) is 13.0. The third-order valence-electron chi connectivity index (χ3n) is 4.53. The first-order valence-electron chi connectivity index (χ1n) is 7.17. The summed E-state index contributed by atoms with van der Waals surface area (Å²) in [5, 5.41) is 9.43. The Morgan fingerprint density at radius 1 is 1.38 bits per heavy atom. The zero-order chi connectivity index (χ0) is 15.8. The van der Waals surface area contributed by atoms with Crippen LogP contribution >= 0.6 is 0 Å². The zero-order valence-corrected chi connectivity index (χ0v) is 13.0. The molecule has 1 aliphatic rings. The molecule has 114 valence electrons. The first-order valence-corrected chi connectivity index (χ1v) is 7.17. The second kappa shape index (κ2) is 5.39. The van der Waals surface area contributed by atoms with Gasteiger partial charge < -0.3 is 10.0 Å². The molecule has 0 bridgehead atoms. The highest BCUT2D eigenvalue weighted by Gasteiger charge is 2.41. The van der Waals surface area contributed by atoms with Crippen molar-refractivity contribution in [2.24, 2.45) is 0 Å². The normalized spacial score (nSPS) is 17.5. The predicted molar refractivity (Wildman–Crippen MR) is 81.6 cm³/mol. The molecule has 1 unspecified atom stereocenters. The van der Waals surface area contributed by atoms with Crippen LogP contribution in [0.15, 0.2) is 24.3 Å². The van der Waals surface area contributed by atoms with E-state index in [1.54, 1.807) is 11.9 Å². The molecular weight excluding hydrogens is 268 g/mol. The van der Waals surface area contributed by atoms with Crippen molar-refractivity contribution < 1.29 is 14.7 Å². The molecule has 0 aliphatic carbocycles. The number of rotatable bonds is 3. The lowest BCUT2D eigenvalue weighted by molar-refractivity contribution is -0.138. The van der Waals surface area contributed by atoms with E-state index in [-0.39, 0.29) is 11.6 Å². The number of anilines is 1. The number of carboxylic acids is 1. The lowest BCUT2D eigenvalue weighted by atomic mass is 10.0. The highest BCUT2D eigenvalue weighted by molar-refractivity contribution is 6.01. The standard InChI is InChI=1S/C16H22N2O3/c1-5-16(2,3)17(4)15(21)18-12-9-7-6-8-11(12)10-13(18)14(19)20/h6-9,13H,5,10H2,1-4H3,(H,19,20). The number of urea groups is 1. The van der Waals surface area contributed by atoms with Crippen molar-refractivity contribution in [2.45, 2.75) is 45.2 Å². The Balaban J connectivity index is 2.39. The van der Waals surface area contributed by atoms with E-state index < -0.39 is 12.0 Å². The van der Waals surface area contributed by atoms with Gasteiger partial charge in [-0.3, -0.25) is 4.90 Å². The van der Waals surface area contributed by atoms with Gasteiger partial charge in [-0.25, -0.2) is 9.59 Å². The van der Waals surface area contributed by atoms with E-state index in [2.05, 4.69) is 0 Å². The maximum atomic E-state index is 12.8. The molecule has 0 fully saturated rings. The van der Waals surface area contributed by atoms with Gasteiger partial charge in [0.25, 0.3) is 0 Å². The summed E-state index contributed by atoms with van der Waals surface area (Å²) < 4.78 is 0. The number of para-hydroxylation sites is 1. The van der Waals surface area contributed by atoms with Crippen molar-refractivity contribution in [3.8, 4) is 0 Å². The number of carbonyl (C=O) groups is 2. The van der Waals surface area contributed by atoms with Gasteiger partial charge in [0.1, 0.15) is 6.04 Å². The Morgan fingerprint density at radius 2 is 2.00 bits per heavy atom. The number of hydrogen-bond donors (Lipinski definition) is 1. The van der Waals surface area contributed by atoms with Gasteiger partial charge in [-0.2, -0.15) is 0 Å². The Morgan fingerprint density at radius 3 is 2.57 bits per heavy atom.